The average Bonchev–Trinajstić information content (AvgIpc) is 2.32. The lowest BCUT2D eigenvalue weighted by molar-refractivity contribution is 0.102. The van der Waals surface area contributed by atoms with Gasteiger partial charge in [-0.2, -0.15) is 0 Å². The maximum atomic E-state index is 12.0. The summed E-state index contributed by atoms with van der Waals surface area (Å²) < 4.78 is 0. The van der Waals surface area contributed by atoms with Crippen LogP contribution in [0.2, 0.25) is 5.02 Å². The van der Waals surface area contributed by atoms with Gasteiger partial charge < -0.3 is 11.1 Å². The Hall–Kier alpha value is -2.07. The fourth-order valence-corrected chi connectivity index (χ4v) is 1.73. The number of carbonyl (C=O) groups excluding carboxylic acids is 1. The van der Waals surface area contributed by atoms with Crippen LogP contribution in [-0.2, 0) is 0 Å². The van der Waals surface area contributed by atoms with Crippen molar-refractivity contribution in [3.05, 3.63) is 52.8 Å². The minimum Gasteiger partial charge on any atom is -0.397 e. The highest BCUT2D eigenvalue weighted by Crippen LogP contribution is 2.23. The first-order valence-corrected chi connectivity index (χ1v) is 5.73. The molecule has 0 unspecified atom stereocenters. The molecule has 0 aliphatic carbocycles. The van der Waals surface area contributed by atoms with Crippen LogP contribution in [0.1, 0.15) is 16.1 Å². The summed E-state index contributed by atoms with van der Waals surface area (Å²) in [5, 5.41) is 3.12. The molecule has 0 fully saturated rings. The van der Waals surface area contributed by atoms with Crippen molar-refractivity contribution in [2.45, 2.75) is 6.92 Å². The number of aromatic nitrogens is 1. The zero-order valence-electron chi connectivity index (χ0n) is 9.77. The van der Waals surface area contributed by atoms with Gasteiger partial charge in [-0.05, 0) is 31.2 Å². The van der Waals surface area contributed by atoms with E-state index in [1.165, 1.54) is 0 Å². The second-order valence-electron chi connectivity index (χ2n) is 3.84. The zero-order chi connectivity index (χ0) is 13.1. The number of nitrogen functional groups attached to an aromatic ring is 1. The Kier molecular flexibility index (Phi) is 3.48. The molecule has 92 valence electrons. The number of nitrogens with two attached hydrogens (primary N) is 1. The zero-order valence-corrected chi connectivity index (χ0v) is 10.5. The number of nitrogens with zero attached hydrogens (tertiary/aromatic N) is 1. The molecule has 0 aliphatic heterocycles. The molecule has 2 rings (SSSR count). The first-order valence-electron chi connectivity index (χ1n) is 5.36. The number of hydrogen-bond donors (Lipinski definition) is 2. The number of anilines is 2. The Balaban J connectivity index is 2.25. The smallest absolute Gasteiger partial charge is 0.257 e. The number of nitrogens with one attached hydrogen (secondary N) is 1. The Morgan fingerprint density at radius 3 is 2.89 bits per heavy atom. The summed E-state index contributed by atoms with van der Waals surface area (Å²) in [6.07, 6.45) is 1.63. The summed E-state index contributed by atoms with van der Waals surface area (Å²) in [5.74, 6) is -0.291. The molecule has 4 nitrogen and oxygen atoms in total. The normalized spacial score (nSPS) is 10.1. The van der Waals surface area contributed by atoms with E-state index in [0.717, 1.165) is 5.69 Å². The summed E-state index contributed by atoms with van der Waals surface area (Å²) >= 11 is 5.87. The second-order valence-corrected chi connectivity index (χ2v) is 4.25. The fourth-order valence-electron chi connectivity index (χ4n) is 1.56. The van der Waals surface area contributed by atoms with Gasteiger partial charge in [-0.15, -0.1) is 0 Å². The monoisotopic (exact) mass is 261 g/mol. The van der Waals surface area contributed by atoms with Gasteiger partial charge in [0.05, 0.1) is 16.3 Å². The van der Waals surface area contributed by atoms with Gasteiger partial charge in [-0.3, -0.25) is 9.78 Å². The van der Waals surface area contributed by atoms with Crippen molar-refractivity contribution in [1.29, 1.82) is 0 Å². The first kappa shape index (κ1) is 12.4. The molecular weight excluding hydrogens is 250 g/mol. The summed E-state index contributed by atoms with van der Waals surface area (Å²) in [6.45, 7) is 1.85. The molecule has 1 heterocycles. The second kappa shape index (κ2) is 5.06. The van der Waals surface area contributed by atoms with Gasteiger partial charge >= 0.3 is 0 Å². The quantitative estimate of drug-likeness (QED) is 0.817. The first-order chi connectivity index (χ1) is 8.58. The Bertz CT molecular complexity index is 599. The predicted octanol–water partition coefficient (Wildman–Crippen LogP) is 2.88. The van der Waals surface area contributed by atoms with E-state index in [0.29, 0.717) is 16.3 Å². The van der Waals surface area contributed by atoms with Crippen molar-refractivity contribution in [1.82, 2.24) is 4.98 Å². The van der Waals surface area contributed by atoms with Gasteiger partial charge in [0.15, 0.2) is 0 Å². The summed E-state index contributed by atoms with van der Waals surface area (Å²) in [6, 6.07) is 8.45. The van der Waals surface area contributed by atoms with E-state index in [4.69, 9.17) is 17.3 Å². The average molecular weight is 262 g/mol. The molecule has 0 spiro atoms. The van der Waals surface area contributed by atoms with E-state index in [2.05, 4.69) is 10.3 Å². The molecular formula is C13H12ClN3O. The third kappa shape index (κ3) is 2.60. The van der Waals surface area contributed by atoms with Gasteiger partial charge in [0.1, 0.15) is 0 Å². The summed E-state index contributed by atoms with van der Waals surface area (Å²) in [5.41, 5.74) is 7.90. The molecule has 0 aliphatic rings. The summed E-state index contributed by atoms with van der Waals surface area (Å²) in [7, 11) is 0. The largest absolute Gasteiger partial charge is 0.397 e. The Morgan fingerprint density at radius 1 is 1.39 bits per heavy atom. The molecule has 2 aromatic rings. The van der Waals surface area contributed by atoms with Gasteiger partial charge in [0.25, 0.3) is 5.91 Å². The number of carbonyl (C=O) groups is 1. The Labute approximate surface area is 110 Å². The maximum absolute atomic E-state index is 12.0. The lowest BCUT2D eigenvalue weighted by atomic mass is 10.1. The highest BCUT2D eigenvalue weighted by atomic mass is 35.5. The van der Waals surface area contributed by atoms with E-state index in [9.17, 15) is 4.79 Å². The van der Waals surface area contributed by atoms with Crippen LogP contribution in [0, 0.1) is 6.92 Å². The van der Waals surface area contributed by atoms with Crippen LogP contribution in [0.5, 0.6) is 0 Å². The third-order valence-electron chi connectivity index (χ3n) is 2.45. The maximum Gasteiger partial charge on any atom is 0.257 e. The van der Waals surface area contributed by atoms with Crippen molar-refractivity contribution in [3.8, 4) is 0 Å². The van der Waals surface area contributed by atoms with Crippen molar-refractivity contribution in [2.24, 2.45) is 0 Å². The van der Waals surface area contributed by atoms with Crippen molar-refractivity contribution >= 4 is 28.9 Å². The van der Waals surface area contributed by atoms with Crippen LogP contribution in [0.15, 0.2) is 36.5 Å². The standard InChI is InChI=1S/C13H12ClN3O/c1-8-7-9(5-6-16-8)17-13(18)10-3-2-4-11(14)12(10)15/h2-7H,15H2,1H3,(H,16,17,18). The van der Waals surface area contributed by atoms with Crippen molar-refractivity contribution in [2.75, 3.05) is 11.1 Å². The topological polar surface area (TPSA) is 68.0 Å². The number of halogens is 1. The van der Waals surface area contributed by atoms with E-state index in [-0.39, 0.29) is 11.6 Å². The van der Waals surface area contributed by atoms with Crippen LogP contribution in [0.25, 0.3) is 0 Å². The number of benzene rings is 1. The predicted molar refractivity (Wildman–Crippen MR) is 72.8 cm³/mol. The van der Waals surface area contributed by atoms with Gasteiger partial charge in [0, 0.05) is 17.6 Å². The van der Waals surface area contributed by atoms with E-state index in [1.807, 2.05) is 6.92 Å². The van der Waals surface area contributed by atoms with Gasteiger partial charge in [-0.1, -0.05) is 17.7 Å². The Morgan fingerprint density at radius 2 is 2.17 bits per heavy atom. The number of rotatable bonds is 2. The molecule has 0 bridgehead atoms. The molecule has 0 atom stereocenters. The lowest BCUT2D eigenvalue weighted by Crippen LogP contribution is -2.14. The third-order valence-corrected chi connectivity index (χ3v) is 2.78. The minimum absolute atomic E-state index is 0.280. The number of aryl methyl sites for hydroxylation is 1. The van der Waals surface area contributed by atoms with E-state index >= 15 is 0 Å². The van der Waals surface area contributed by atoms with Crippen LogP contribution >= 0.6 is 11.6 Å². The molecule has 0 radical (unpaired) electrons. The number of para-hydroxylation sites is 1. The van der Waals surface area contributed by atoms with Crippen LogP contribution in [0.4, 0.5) is 11.4 Å². The molecule has 1 aromatic carbocycles. The van der Waals surface area contributed by atoms with Gasteiger partial charge in [0.2, 0.25) is 0 Å². The van der Waals surface area contributed by atoms with Crippen molar-refractivity contribution < 1.29 is 4.79 Å². The highest BCUT2D eigenvalue weighted by Gasteiger charge is 2.11. The number of pyridine rings is 1. The van der Waals surface area contributed by atoms with Crippen LogP contribution < -0.4 is 11.1 Å². The molecule has 18 heavy (non-hydrogen) atoms. The highest BCUT2D eigenvalue weighted by molar-refractivity contribution is 6.34. The molecule has 3 N–H and O–H groups in total. The molecule has 1 amide bonds. The minimum atomic E-state index is -0.291. The van der Waals surface area contributed by atoms with Crippen LogP contribution in [-0.4, -0.2) is 10.9 Å². The van der Waals surface area contributed by atoms with Crippen LogP contribution in [0.3, 0.4) is 0 Å². The summed E-state index contributed by atoms with van der Waals surface area (Å²) in [4.78, 5) is 16.1. The number of amides is 1. The molecule has 0 saturated heterocycles. The molecule has 5 heteroatoms. The SMILES string of the molecule is Cc1cc(NC(=O)c2cccc(Cl)c2N)ccn1. The van der Waals surface area contributed by atoms with Crippen molar-refractivity contribution in [3.63, 3.8) is 0 Å². The molecule has 0 saturated carbocycles. The fraction of sp³-hybridized carbons (Fsp3) is 0.0769. The van der Waals surface area contributed by atoms with E-state index in [1.54, 1.807) is 36.5 Å². The van der Waals surface area contributed by atoms with E-state index < -0.39 is 0 Å². The van der Waals surface area contributed by atoms with Gasteiger partial charge in [-0.25, -0.2) is 0 Å². The molecule has 1 aromatic heterocycles. The number of hydrogen-bond acceptors (Lipinski definition) is 3. The lowest BCUT2D eigenvalue weighted by Gasteiger charge is -2.08.